The van der Waals surface area contributed by atoms with Gasteiger partial charge in [0.15, 0.2) is 4.77 Å². The minimum absolute atomic E-state index is 0.0580. The predicted molar refractivity (Wildman–Crippen MR) is 86.5 cm³/mol. The summed E-state index contributed by atoms with van der Waals surface area (Å²) in [7, 11) is 0. The van der Waals surface area contributed by atoms with Crippen molar-refractivity contribution in [2.75, 3.05) is 6.61 Å². The Morgan fingerprint density at radius 3 is 2.82 bits per heavy atom. The predicted octanol–water partition coefficient (Wildman–Crippen LogP) is 2.20. The van der Waals surface area contributed by atoms with Gasteiger partial charge in [-0.1, -0.05) is 30.4 Å². The monoisotopic (exact) mass is 315 g/mol. The number of nitrogens with zero attached hydrogens (tertiary/aromatic N) is 1. The fourth-order valence-corrected chi connectivity index (χ4v) is 2.89. The number of hydrogen-bond donors (Lipinski definition) is 3. The van der Waals surface area contributed by atoms with E-state index >= 15 is 0 Å². The number of amides is 1. The van der Waals surface area contributed by atoms with Crippen LogP contribution in [-0.2, 0) is 0 Å². The van der Waals surface area contributed by atoms with Crippen molar-refractivity contribution in [3.63, 3.8) is 0 Å². The van der Waals surface area contributed by atoms with E-state index in [0.717, 1.165) is 12.1 Å². The summed E-state index contributed by atoms with van der Waals surface area (Å²) in [4.78, 5) is 15.4. The zero-order valence-electron chi connectivity index (χ0n) is 11.9. The average molecular weight is 315 g/mol. The van der Waals surface area contributed by atoms with Gasteiger partial charge in [0, 0.05) is 30.5 Å². The number of nitrogens with one attached hydrogen (secondary N) is 2. The van der Waals surface area contributed by atoms with Crippen LogP contribution < -0.4 is 5.32 Å². The van der Waals surface area contributed by atoms with Crippen molar-refractivity contribution in [1.29, 1.82) is 0 Å². The van der Waals surface area contributed by atoms with Gasteiger partial charge in [-0.3, -0.25) is 9.36 Å². The summed E-state index contributed by atoms with van der Waals surface area (Å²) in [6, 6.07) is 9.46. The van der Waals surface area contributed by atoms with Gasteiger partial charge in [0.2, 0.25) is 0 Å². The van der Waals surface area contributed by atoms with Gasteiger partial charge in [-0.05, 0) is 30.8 Å². The van der Waals surface area contributed by atoms with Crippen LogP contribution in [0.2, 0.25) is 0 Å². The summed E-state index contributed by atoms with van der Waals surface area (Å²) in [5, 5.41) is 12.1. The molecule has 5 nitrogen and oxygen atoms in total. The molecule has 3 rings (SSSR count). The SMILES string of the molecule is O=C(N[C@@H]1C=C[C@H](CO)C1)c1c[nH]c(=S)n1-c1ccccc1. The maximum atomic E-state index is 12.5. The van der Waals surface area contributed by atoms with Crippen molar-refractivity contribution in [3.8, 4) is 5.69 Å². The lowest BCUT2D eigenvalue weighted by molar-refractivity contribution is 0.0934. The molecular weight excluding hydrogens is 298 g/mol. The number of aromatic nitrogens is 2. The molecule has 0 fully saturated rings. The number of para-hydroxylation sites is 1. The Balaban J connectivity index is 1.83. The van der Waals surface area contributed by atoms with Gasteiger partial charge >= 0.3 is 0 Å². The van der Waals surface area contributed by atoms with Crippen LogP contribution in [0.25, 0.3) is 5.69 Å². The smallest absolute Gasteiger partial charge is 0.270 e. The van der Waals surface area contributed by atoms with Gasteiger partial charge in [0.1, 0.15) is 5.69 Å². The highest BCUT2D eigenvalue weighted by Crippen LogP contribution is 2.18. The Labute approximate surface area is 133 Å². The van der Waals surface area contributed by atoms with Crippen LogP contribution >= 0.6 is 12.2 Å². The van der Waals surface area contributed by atoms with E-state index in [1.54, 1.807) is 10.8 Å². The van der Waals surface area contributed by atoms with Crippen molar-refractivity contribution < 1.29 is 9.90 Å². The van der Waals surface area contributed by atoms with E-state index in [1.807, 2.05) is 42.5 Å². The quantitative estimate of drug-likeness (QED) is 0.598. The first-order chi connectivity index (χ1) is 10.7. The Hall–Kier alpha value is -2.18. The molecule has 0 spiro atoms. The zero-order chi connectivity index (χ0) is 15.5. The highest BCUT2D eigenvalue weighted by atomic mass is 32.1. The molecule has 1 heterocycles. The van der Waals surface area contributed by atoms with Crippen molar-refractivity contribution in [2.24, 2.45) is 5.92 Å². The average Bonchev–Trinajstić information content (AvgIpc) is 3.14. The highest BCUT2D eigenvalue weighted by Gasteiger charge is 2.22. The number of carbonyl (C=O) groups excluding carboxylic acids is 1. The lowest BCUT2D eigenvalue weighted by atomic mass is 10.1. The molecule has 0 bridgehead atoms. The van der Waals surface area contributed by atoms with Gasteiger partial charge < -0.3 is 15.4 Å². The van der Waals surface area contributed by atoms with Crippen LogP contribution in [0, 0.1) is 10.7 Å². The first-order valence-corrected chi connectivity index (χ1v) is 7.55. The first-order valence-electron chi connectivity index (χ1n) is 7.15. The first kappa shape index (κ1) is 14.7. The second-order valence-electron chi connectivity index (χ2n) is 5.29. The molecule has 3 N–H and O–H groups in total. The topological polar surface area (TPSA) is 70.1 Å². The van der Waals surface area contributed by atoms with Crippen molar-refractivity contribution in [3.05, 3.63) is 59.1 Å². The molecule has 0 saturated heterocycles. The maximum Gasteiger partial charge on any atom is 0.270 e. The fraction of sp³-hybridized carbons (Fsp3) is 0.250. The molecule has 0 radical (unpaired) electrons. The zero-order valence-corrected chi connectivity index (χ0v) is 12.7. The van der Waals surface area contributed by atoms with Crippen molar-refractivity contribution in [2.45, 2.75) is 12.5 Å². The molecule has 0 saturated carbocycles. The molecule has 22 heavy (non-hydrogen) atoms. The van der Waals surface area contributed by atoms with Gasteiger partial charge in [0.05, 0.1) is 0 Å². The molecule has 1 aromatic heterocycles. The van der Waals surface area contributed by atoms with Crippen LogP contribution in [0.3, 0.4) is 0 Å². The van der Waals surface area contributed by atoms with E-state index in [-0.39, 0.29) is 24.5 Å². The lowest BCUT2D eigenvalue weighted by Crippen LogP contribution is -2.34. The van der Waals surface area contributed by atoms with Crippen LogP contribution in [0.4, 0.5) is 0 Å². The summed E-state index contributed by atoms with van der Waals surface area (Å²) in [6.07, 6.45) is 6.20. The number of benzene rings is 1. The van der Waals surface area contributed by atoms with Crippen LogP contribution in [-0.4, -0.2) is 33.2 Å². The third-order valence-corrected chi connectivity index (χ3v) is 4.05. The molecule has 1 aliphatic carbocycles. The number of aromatic amines is 1. The van der Waals surface area contributed by atoms with Crippen LogP contribution in [0.5, 0.6) is 0 Å². The summed E-state index contributed by atoms with van der Waals surface area (Å²) >= 11 is 5.27. The summed E-state index contributed by atoms with van der Waals surface area (Å²) in [5.74, 6) is -0.0725. The van der Waals surface area contributed by atoms with E-state index in [4.69, 9.17) is 17.3 Å². The molecule has 2 aromatic rings. The highest BCUT2D eigenvalue weighted by molar-refractivity contribution is 7.71. The van der Waals surface area contributed by atoms with E-state index in [1.165, 1.54) is 0 Å². The molecule has 1 aromatic carbocycles. The molecule has 2 atom stereocenters. The molecule has 1 amide bonds. The largest absolute Gasteiger partial charge is 0.396 e. The van der Waals surface area contributed by atoms with E-state index in [0.29, 0.717) is 10.5 Å². The van der Waals surface area contributed by atoms with Gasteiger partial charge in [-0.25, -0.2) is 0 Å². The number of rotatable bonds is 4. The summed E-state index contributed by atoms with van der Waals surface area (Å²) < 4.78 is 2.19. The molecule has 6 heteroatoms. The van der Waals surface area contributed by atoms with E-state index < -0.39 is 0 Å². The lowest BCUT2D eigenvalue weighted by Gasteiger charge is -2.14. The number of imidazole rings is 1. The third-order valence-electron chi connectivity index (χ3n) is 3.75. The second-order valence-corrected chi connectivity index (χ2v) is 5.68. The number of aliphatic hydroxyl groups excluding tert-OH is 1. The molecule has 114 valence electrons. The number of H-pyrrole nitrogens is 1. The van der Waals surface area contributed by atoms with E-state index in [2.05, 4.69) is 10.3 Å². The standard InChI is InChI=1S/C16H17N3O2S/c20-10-11-6-7-12(8-11)18-15(21)14-9-17-16(22)19(14)13-4-2-1-3-5-13/h1-7,9,11-12,20H,8,10H2,(H,17,22)(H,18,21)/t11-,12+/m0/s1. The molecular formula is C16H17N3O2S. The Kier molecular flexibility index (Phi) is 4.22. The minimum atomic E-state index is -0.190. The molecule has 0 aliphatic heterocycles. The van der Waals surface area contributed by atoms with Crippen molar-refractivity contribution >= 4 is 18.1 Å². The normalized spacial score (nSPS) is 20.2. The van der Waals surface area contributed by atoms with Crippen LogP contribution in [0.15, 0.2) is 48.7 Å². The molecule has 0 unspecified atom stereocenters. The second kappa shape index (κ2) is 6.29. The number of aliphatic hydroxyl groups is 1. The minimum Gasteiger partial charge on any atom is -0.396 e. The van der Waals surface area contributed by atoms with E-state index in [9.17, 15) is 4.79 Å². The third kappa shape index (κ3) is 2.88. The fourth-order valence-electron chi connectivity index (χ4n) is 2.63. The Bertz CT molecular complexity index is 748. The van der Waals surface area contributed by atoms with Gasteiger partial charge in [-0.2, -0.15) is 0 Å². The molecule has 1 aliphatic rings. The number of carbonyl (C=O) groups is 1. The Morgan fingerprint density at radius 1 is 1.36 bits per heavy atom. The Morgan fingerprint density at radius 2 is 2.14 bits per heavy atom. The van der Waals surface area contributed by atoms with Crippen LogP contribution in [0.1, 0.15) is 16.9 Å². The summed E-state index contributed by atoms with van der Waals surface area (Å²) in [5.41, 5.74) is 1.31. The summed E-state index contributed by atoms with van der Waals surface area (Å²) in [6.45, 7) is 0.105. The maximum absolute atomic E-state index is 12.5. The van der Waals surface area contributed by atoms with Gasteiger partial charge in [-0.15, -0.1) is 0 Å². The number of hydrogen-bond acceptors (Lipinski definition) is 3. The van der Waals surface area contributed by atoms with Crippen molar-refractivity contribution in [1.82, 2.24) is 14.9 Å². The van der Waals surface area contributed by atoms with Gasteiger partial charge in [0.25, 0.3) is 5.91 Å².